The van der Waals surface area contributed by atoms with Crippen LogP contribution in [0.4, 0.5) is 14.5 Å². The second-order valence-electron chi connectivity index (χ2n) is 4.62. The summed E-state index contributed by atoms with van der Waals surface area (Å²) in [7, 11) is 2.41. The van der Waals surface area contributed by atoms with Crippen molar-refractivity contribution in [1.82, 2.24) is 4.90 Å². The lowest BCUT2D eigenvalue weighted by atomic mass is 10.2. The van der Waals surface area contributed by atoms with Crippen molar-refractivity contribution in [3.05, 3.63) is 29.6 Å². The van der Waals surface area contributed by atoms with Gasteiger partial charge >= 0.3 is 0 Å². The first-order valence-electron chi connectivity index (χ1n) is 7.82. The highest BCUT2D eigenvalue weighted by atomic mass is 19.1. The number of alkyl halides is 1. The third-order valence-corrected chi connectivity index (χ3v) is 2.88. The zero-order valence-electron chi connectivity index (χ0n) is 15.2. The lowest BCUT2D eigenvalue weighted by Crippen LogP contribution is -2.48. The largest absolute Gasteiger partial charge is 0.331 e. The molecule has 1 aliphatic heterocycles. The van der Waals surface area contributed by atoms with Gasteiger partial charge in [-0.2, -0.15) is 0 Å². The Morgan fingerprint density at radius 3 is 2.17 bits per heavy atom. The number of nitrogens with zero attached hydrogens (tertiary/aromatic N) is 2. The smallest absolute Gasteiger partial charge is 0.241 e. The minimum Gasteiger partial charge on any atom is -0.331 e. The van der Waals surface area contributed by atoms with E-state index in [0.29, 0.717) is 31.5 Å². The highest BCUT2D eigenvalue weighted by molar-refractivity contribution is 5.95. The minimum absolute atomic E-state index is 0.0250. The first-order chi connectivity index (χ1) is 11.0. The number of hydrogen-bond acceptors (Lipinski definition) is 3. The van der Waals surface area contributed by atoms with Crippen molar-refractivity contribution >= 4 is 11.6 Å². The summed E-state index contributed by atoms with van der Waals surface area (Å²) < 4.78 is 22.9. The number of benzene rings is 1. The van der Waals surface area contributed by atoms with E-state index in [1.54, 1.807) is 24.0 Å². The van der Waals surface area contributed by atoms with Crippen molar-refractivity contribution < 1.29 is 13.6 Å². The van der Waals surface area contributed by atoms with Gasteiger partial charge in [0.25, 0.3) is 0 Å². The van der Waals surface area contributed by atoms with Crippen LogP contribution >= 0.6 is 0 Å². The van der Waals surface area contributed by atoms with Gasteiger partial charge in [0.15, 0.2) is 0 Å². The molecule has 0 bridgehead atoms. The van der Waals surface area contributed by atoms with E-state index in [1.807, 2.05) is 32.7 Å². The molecule has 0 aliphatic carbocycles. The van der Waals surface area contributed by atoms with Crippen LogP contribution in [0.15, 0.2) is 18.2 Å². The van der Waals surface area contributed by atoms with E-state index in [1.165, 1.54) is 6.07 Å². The first kappa shape index (κ1) is 23.7. The molecule has 2 rings (SSSR count). The molecule has 0 saturated carbocycles. The maximum atomic E-state index is 13.4. The quantitative estimate of drug-likeness (QED) is 0.861. The molecule has 1 amide bonds. The molecule has 1 aromatic rings. The summed E-state index contributed by atoms with van der Waals surface area (Å²) in [5.41, 5.74) is 6.10. The van der Waals surface area contributed by atoms with Crippen molar-refractivity contribution in [3.63, 3.8) is 0 Å². The maximum Gasteiger partial charge on any atom is 0.241 e. The number of halogens is 2. The average molecular weight is 331 g/mol. The van der Waals surface area contributed by atoms with Gasteiger partial charge < -0.3 is 10.6 Å². The Labute approximate surface area is 139 Å². The van der Waals surface area contributed by atoms with Crippen LogP contribution in [0.25, 0.3) is 0 Å². The van der Waals surface area contributed by atoms with Crippen LogP contribution in [0.1, 0.15) is 26.3 Å². The fraction of sp³-hybridized carbons (Fsp3) is 0.588. The molecule has 0 radical (unpaired) electrons. The summed E-state index contributed by atoms with van der Waals surface area (Å²) in [6.07, 6.45) is 0. The monoisotopic (exact) mass is 331 g/mol. The molecule has 134 valence electrons. The van der Waals surface area contributed by atoms with E-state index >= 15 is 0 Å². The van der Waals surface area contributed by atoms with E-state index < -0.39 is 0 Å². The average Bonchev–Trinajstić information content (AvgIpc) is 2.55. The lowest BCUT2D eigenvalue weighted by Gasteiger charge is -2.32. The highest BCUT2D eigenvalue weighted by Crippen LogP contribution is 2.20. The van der Waals surface area contributed by atoms with E-state index in [9.17, 15) is 13.6 Å². The molecule has 1 heterocycles. The van der Waals surface area contributed by atoms with Gasteiger partial charge in [-0.25, -0.2) is 4.39 Å². The third-order valence-electron chi connectivity index (χ3n) is 2.88. The molecule has 23 heavy (non-hydrogen) atoms. The summed E-state index contributed by atoms with van der Waals surface area (Å²) >= 11 is 0. The predicted molar refractivity (Wildman–Crippen MR) is 94.1 cm³/mol. The van der Waals surface area contributed by atoms with Crippen LogP contribution < -0.4 is 10.6 Å². The number of carbonyl (C=O) groups excluding carboxylic acids is 1. The Bertz CT molecular complexity index is 442. The molecule has 1 saturated heterocycles. The number of piperazine rings is 1. The van der Waals surface area contributed by atoms with E-state index in [4.69, 9.17) is 5.73 Å². The predicted octanol–water partition coefficient (Wildman–Crippen LogP) is 2.99. The molecule has 0 unspecified atom stereocenters. The summed E-state index contributed by atoms with van der Waals surface area (Å²) in [5, 5.41) is 0. The molecule has 1 aromatic carbocycles. The van der Waals surface area contributed by atoms with E-state index in [2.05, 4.69) is 0 Å². The first-order valence-corrected chi connectivity index (χ1v) is 7.82. The Balaban J connectivity index is 0. The molecule has 0 spiro atoms. The van der Waals surface area contributed by atoms with Crippen molar-refractivity contribution in [2.75, 3.05) is 45.3 Å². The van der Waals surface area contributed by atoms with Gasteiger partial charge in [0.1, 0.15) is 5.82 Å². The molecular weight excluding hydrogens is 300 g/mol. The molecule has 0 aromatic heterocycles. The lowest BCUT2D eigenvalue weighted by molar-refractivity contribution is -0.120. The SMILES string of the molecule is CC.CCN.CF.Cc1ccc(N2CCN(C)CC2=O)cc1F. The van der Waals surface area contributed by atoms with Crippen LogP contribution in [0.5, 0.6) is 0 Å². The van der Waals surface area contributed by atoms with Crippen molar-refractivity contribution in [1.29, 1.82) is 0 Å². The Kier molecular flexibility index (Phi) is 14.5. The van der Waals surface area contributed by atoms with E-state index in [-0.39, 0.29) is 11.7 Å². The highest BCUT2D eigenvalue weighted by Gasteiger charge is 2.23. The Morgan fingerprint density at radius 2 is 1.74 bits per heavy atom. The minimum atomic E-state index is -0.260. The molecule has 4 nitrogen and oxygen atoms in total. The standard InChI is InChI=1S/C12H15FN2O.C2H7N.C2H6.CH3F/c1-9-3-4-10(7-11(9)13)15-6-5-14(2)8-12(15)16;1-2-3;2*1-2/h3-4,7H,5-6,8H2,1-2H3;2-3H2,1H3;1-2H3;1H3. The fourth-order valence-corrected chi connectivity index (χ4v) is 1.81. The van der Waals surface area contributed by atoms with Gasteiger partial charge in [0.2, 0.25) is 5.91 Å². The van der Waals surface area contributed by atoms with Gasteiger partial charge in [-0.05, 0) is 38.2 Å². The van der Waals surface area contributed by atoms with Crippen molar-refractivity contribution in [2.24, 2.45) is 5.73 Å². The molecule has 2 N–H and O–H groups in total. The topological polar surface area (TPSA) is 49.6 Å². The molecule has 1 aliphatic rings. The second kappa shape index (κ2) is 14.1. The van der Waals surface area contributed by atoms with E-state index in [0.717, 1.165) is 13.1 Å². The van der Waals surface area contributed by atoms with Crippen LogP contribution in [0.2, 0.25) is 0 Å². The van der Waals surface area contributed by atoms with Gasteiger partial charge in [-0.15, -0.1) is 0 Å². The Morgan fingerprint density at radius 1 is 1.22 bits per heavy atom. The summed E-state index contributed by atoms with van der Waals surface area (Å²) in [4.78, 5) is 15.4. The van der Waals surface area contributed by atoms with Gasteiger partial charge in [0.05, 0.1) is 13.7 Å². The number of aryl methyl sites for hydroxylation is 1. The molecule has 1 fully saturated rings. The van der Waals surface area contributed by atoms with Gasteiger partial charge in [-0.3, -0.25) is 14.1 Å². The number of anilines is 1. The molecule has 6 heteroatoms. The van der Waals surface area contributed by atoms with Crippen LogP contribution in [0, 0.1) is 12.7 Å². The van der Waals surface area contributed by atoms with Crippen molar-refractivity contribution in [2.45, 2.75) is 27.7 Å². The zero-order chi connectivity index (χ0) is 18.4. The molecular formula is C17H31F2N3O. The number of carbonyl (C=O) groups is 1. The number of amides is 1. The summed E-state index contributed by atoms with van der Waals surface area (Å²) in [6.45, 7) is 10.2. The fourth-order valence-electron chi connectivity index (χ4n) is 1.81. The number of nitrogens with two attached hydrogens (primary N) is 1. The molecule has 0 atom stereocenters. The number of hydrogen-bond donors (Lipinski definition) is 1. The van der Waals surface area contributed by atoms with Crippen LogP contribution in [0.3, 0.4) is 0 Å². The number of likely N-dealkylation sites (N-methyl/N-ethyl adjacent to an activating group) is 1. The normalized spacial score (nSPS) is 13.8. The number of rotatable bonds is 1. The maximum absolute atomic E-state index is 13.4. The van der Waals surface area contributed by atoms with Crippen LogP contribution in [-0.2, 0) is 4.79 Å². The summed E-state index contributed by atoms with van der Waals surface area (Å²) in [6, 6.07) is 4.93. The summed E-state index contributed by atoms with van der Waals surface area (Å²) in [5.74, 6) is -0.235. The Hall–Kier alpha value is -1.53. The zero-order valence-corrected chi connectivity index (χ0v) is 15.2. The second-order valence-corrected chi connectivity index (χ2v) is 4.62. The third kappa shape index (κ3) is 8.62. The van der Waals surface area contributed by atoms with Crippen molar-refractivity contribution in [3.8, 4) is 0 Å². The van der Waals surface area contributed by atoms with Gasteiger partial charge in [-0.1, -0.05) is 26.8 Å². The van der Waals surface area contributed by atoms with Crippen LogP contribution in [-0.4, -0.2) is 51.2 Å². The van der Waals surface area contributed by atoms with Gasteiger partial charge in [0, 0.05) is 18.8 Å².